The molecule has 1 amide bonds. The molecule has 388 valence electrons. The van der Waals surface area contributed by atoms with Crippen LogP contribution in [0.1, 0.15) is 309 Å². The summed E-state index contributed by atoms with van der Waals surface area (Å²) in [6, 6.07) is -0.626. The number of allylic oxidation sites excluding steroid dienone is 5. The van der Waals surface area contributed by atoms with Crippen LogP contribution in [0.5, 0.6) is 0 Å². The van der Waals surface area contributed by atoms with Gasteiger partial charge in [-0.3, -0.25) is 9.59 Å². The lowest BCUT2D eigenvalue weighted by atomic mass is 10.0. The monoisotopic (exact) mass is 928 g/mol. The third kappa shape index (κ3) is 51.5. The average molecular weight is 929 g/mol. The summed E-state index contributed by atoms with van der Waals surface area (Å²) in [7, 11) is 0. The fraction of sp³-hybridized carbons (Fsp3) is 0.867. The van der Waals surface area contributed by atoms with E-state index in [9.17, 15) is 19.8 Å². The zero-order valence-corrected chi connectivity index (χ0v) is 44.2. The van der Waals surface area contributed by atoms with Crippen molar-refractivity contribution in [2.75, 3.05) is 13.2 Å². The number of nitrogens with one attached hydrogen (secondary N) is 1. The molecule has 0 aliphatic heterocycles. The van der Waals surface area contributed by atoms with Crippen molar-refractivity contribution in [1.29, 1.82) is 0 Å². The molecule has 2 atom stereocenters. The van der Waals surface area contributed by atoms with Crippen LogP contribution in [0.15, 0.2) is 36.5 Å². The quantitative estimate of drug-likeness (QED) is 0.0321. The number of carbonyl (C=O) groups excluding carboxylic acids is 2. The first kappa shape index (κ1) is 64.1. The number of aliphatic hydroxyl groups excluding tert-OH is 2. The molecule has 0 aromatic rings. The maximum Gasteiger partial charge on any atom is 0.305 e. The standard InChI is InChI=1S/C60H113NO5/c1-3-5-7-9-11-13-15-16-17-28-31-34-38-42-46-50-54-60(65)66-55-51-47-43-39-35-32-29-26-24-22-20-18-19-21-23-25-27-30-33-37-41-45-49-53-59(64)61-57(56-62)58(63)52-48-44-40-36-14-12-10-8-6-4-2/h13,15,17,28,48,52,57-58,62-63H,3-12,14,16,18-27,29-47,49-51,53-56H2,1-2H3,(H,61,64)/b15-13-,28-17-,52-48+. The van der Waals surface area contributed by atoms with E-state index in [4.69, 9.17) is 4.74 Å². The number of aliphatic hydroxyl groups is 2. The Bertz CT molecular complexity index is 1070. The molecule has 6 heteroatoms. The predicted molar refractivity (Wildman–Crippen MR) is 287 cm³/mol. The zero-order valence-electron chi connectivity index (χ0n) is 44.2. The molecule has 2 unspecified atom stereocenters. The summed E-state index contributed by atoms with van der Waals surface area (Å²) in [5.74, 6) is -0.0694. The smallest absolute Gasteiger partial charge is 0.305 e. The second kappa shape index (κ2) is 55.7. The van der Waals surface area contributed by atoms with Gasteiger partial charge in [-0.15, -0.1) is 0 Å². The number of hydrogen-bond acceptors (Lipinski definition) is 5. The van der Waals surface area contributed by atoms with Gasteiger partial charge in [-0.05, 0) is 64.2 Å². The summed E-state index contributed by atoms with van der Waals surface area (Å²) in [6.45, 7) is 4.86. The number of unbranched alkanes of at least 4 members (excludes halogenated alkanes) is 39. The van der Waals surface area contributed by atoms with Crippen molar-refractivity contribution in [3.63, 3.8) is 0 Å². The van der Waals surface area contributed by atoms with Gasteiger partial charge in [0.05, 0.1) is 25.4 Å². The third-order valence-corrected chi connectivity index (χ3v) is 13.4. The maximum absolute atomic E-state index is 12.4. The van der Waals surface area contributed by atoms with Crippen LogP contribution in [-0.2, 0) is 14.3 Å². The Hall–Kier alpha value is -1.92. The molecule has 0 aliphatic carbocycles. The van der Waals surface area contributed by atoms with E-state index in [1.165, 1.54) is 231 Å². The van der Waals surface area contributed by atoms with E-state index in [-0.39, 0.29) is 18.5 Å². The summed E-state index contributed by atoms with van der Waals surface area (Å²) < 4.78 is 5.48. The Labute approximate surface area is 411 Å². The molecule has 0 radical (unpaired) electrons. The molecule has 66 heavy (non-hydrogen) atoms. The molecule has 0 saturated carbocycles. The molecular formula is C60H113NO5. The minimum Gasteiger partial charge on any atom is -0.466 e. The van der Waals surface area contributed by atoms with E-state index in [0.29, 0.717) is 19.4 Å². The summed E-state index contributed by atoms with van der Waals surface area (Å²) in [4.78, 5) is 24.5. The second-order valence-electron chi connectivity index (χ2n) is 20.0. The largest absolute Gasteiger partial charge is 0.466 e. The third-order valence-electron chi connectivity index (χ3n) is 13.4. The highest BCUT2D eigenvalue weighted by Gasteiger charge is 2.18. The van der Waals surface area contributed by atoms with Gasteiger partial charge in [-0.25, -0.2) is 0 Å². The summed E-state index contributed by atoms with van der Waals surface area (Å²) in [5.41, 5.74) is 0. The van der Waals surface area contributed by atoms with Gasteiger partial charge in [0.25, 0.3) is 0 Å². The topological polar surface area (TPSA) is 95.9 Å². The molecule has 6 nitrogen and oxygen atoms in total. The first-order valence-corrected chi connectivity index (χ1v) is 29.3. The van der Waals surface area contributed by atoms with Crippen LogP contribution in [0.4, 0.5) is 0 Å². The SMILES string of the molecule is CCCCCC/C=C\C/C=C\CCCCCCCC(=O)OCCCCCCCCCCCCCCCCCCCCCCCCCC(=O)NC(CO)C(O)/C=C/CCCCCCCCCC. The average Bonchev–Trinajstić information content (AvgIpc) is 3.32. The Balaban J connectivity index is 3.37. The lowest BCUT2D eigenvalue weighted by molar-refractivity contribution is -0.143. The van der Waals surface area contributed by atoms with Crippen LogP contribution in [0.25, 0.3) is 0 Å². The summed E-state index contributed by atoms with van der Waals surface area (Å²) in [5, 5.41) is 23.0. The normalized spacial score (nSPS) is 12.8. The molecule has 0 heterocycles. The van der Waals surface area contributed by atoms with Crippen LogP contribution in [-0.4, -0.2) is 47.4 Å². The molecule has 0 fully saturated rings. The van der Waals surface area contributed by atoms with Crippen molar-refractivity contribution in [1.82, 2.24) is 5.32 Å². The van der Waals surface area contributed by atoms with Gasteiger partial charge in [-0.1, -0.05) is 269 Å². The highest BCUT2D eigenvalue weighted by molar-refractivity contribution is 5.76. The van der Waals surface area contributed by atoms with Gasteiger partial charge in [0.15, 0.2) is 0 Å². The number of carbonyl (C=O) groups is 2. The zero-order chi connectivity index (χ0) is 47.9. The van der Waals surface area contributed by atoms with E-state index in [1.807, 2.05) is 6.08 Å². The van der Waals surface area contributed by atoms with Crippen LogP contribution in [0.3, 0.4) is 0 Å². The van der Waals surface area contributed by atoms with Crippen LogP contribution < -0.4 is 5.32 Å². The molecule has 0 aliphatic rings. The minimum atomic E-state index is -0.842. The Morgan fingerprint density at radius 2 is 0.758 bits per heavy atom. The van der Waals surface area contributed by atoms with Crippen molar-refractivity contribution in [3.8, 4) is 0 Å². The fourth-order valence-electron chi connectivity index (χ4n) is 8.90. The van der Waals surface area contributed by atoms with Gasteiger partial charge in [0.1, 0.15) is 0 Å². The van der Waals surface area contributed by atoms with Crippen molar-refractivity contribution in [2.24, 2.45) is 0 Å². The molecule has 0 bridgehead atoms. The Kier molecular flexibility index (Phi) is 54.1. The Morgan fingerprint density at radius 1 is 0.424 bits per heavy atom. The minimum absolute atomic E-state index is 0.0000537. The van der Waals surface area contributed by atoms with Gasteiger partial charge in [0.2, 0.25) is 5.91 Å². The predicted octanol–water partition coefficient (Wildman–Crippen LogP) is 18.0. The van der Waals surface area contributed by atoms with Crippen LogP contribution in [0, 0.1) is 0 Å². The maximum atomic E-state index is 12.4. The molecule has 0 aromatic carbocycles. The second-order valence-corrected chi connectivity index (χ2v) is 20.0. The summed E-state index contributed by atoms with van der Waals surface area (Å²) >= 11 is 0. The highest BCUT2D eigenvalue weighted by atomic mass is 16.5. The Morgan fingerprint density at radius 3 is 1.17 bits per heavy atom. The molecule has 0 rings (SSSR count). The van der Waals surface area contributed by atoms with E-state index >= 15 is 0 Å². The van der Waals surface area contributed by atoms with E-state index in [2.05, 4.69) is 43.5 Å². The lowest BCUT2D eigenvalue weighted by Gasteiger charge is -2.20. The van der Waals surface area contributed by atoms with Crippen LogP contribution >= 0.6 is 0 Å². The van der Waals surface area contributed by atoms with Gasteiger partial charge in [-0.2, -0.15) is 0 Å². The van der Waals surface area contributed by atoms with Crippen LogP contribution in [0.2, 0.25) is 0 Å². The fourth-order valence-corrected chi connectivity index (χ4v) is 8.90. The molecule has 0 aromatic heterocycles. The number of esters is 1. The first-order valence-electron chi connectivity index (χ1n) is 29.3. The van der Waals surface area contributed by atoms with E-state index < -0.39 is 12.1 Å². The molecule has 0 spiro atoms. The number of rotatable bonds is 54. The lowest BCUT2D eigenvalue weighted by Crippen LogP contribution is -2.45. The van der Waals surface area contributed by atoms with Crippen molar-refractivity contribution < 1.29 is 24.5 Å². The summed E-state index contributed by atoms with van der Waals surface area (Å²) in [6.07, 6.45) is 68.9. The first-order chi connectivity index (χ1) is 32.5. The highest BCUT2D eigenvalue weighted by Crippen LogP contribution is 2.17. The number of ether oxygens (including phenoxy) is 1. The van der Waals surface area contributed by atoms with Crippen molar-refractivity contribution in [2.45, 2.75) is 321 Å². The molecular weight excluding hydrogens is 815 g/mol. The van der Waals surface area contributed by atoms with Gasteiger partial charge >= 0.3 is 5.97 Å². The van der Waals surface area contributed by atoms with Crippen molar-refractivity contribution in [3.05, 3.63) is 36.5 Å². The van der Waals surface area contributed by atoms with Gasteiger partial charge < -0.3 is 20.3 Å². The molecule has 3 N–H and O–H groups in total. The number of hydrogen-bond donors (Lipinski definition) is 3. The van der Waals surface area contributed by atoms with E-state index in [0.717, 1.165) is 51.4 Å². The number of amides is 1. The molecule has 0 saturated heterocycles. The van der Waals surface area contributed by atoms with E-state index in [1.54, 1.807) is 6.08 Å². The van der Waals surface area contributed by atoms with Gasteiger partial charge in [0, 0.05) is 12.8 Å². The van der Waals surface area contributed by atoms with Crippen molar-refractivity contribution >= 4 is 11.9 Å².